The van der Waals surface area contributed by atoms with Gasteiger partial charge in [-0.3, -0.25) is 0 Å². The zero-order valence-electron chi connectivity index (χ0n) is 9.60. The molecular weight excluding hydrogens is 316 g/mol. The third kappa shape index (κ3) is 3.55. The molecule has 2 aromatic rings. The predicted molar refractivity (Wildman–Crippen MR) is 81.0 cm³/mol. The monoisotopic (exact) mass is 328 g/mol. The van der Waals surface area contributed by atoms with Gasteiger partial charge in [0.25, 0.3) is 0 Å². The Hall–Kier alpha value is -1.39. The van der Waals surface area contributed by atoms with Gasteiger partial charge in [0.05, 0.1) is 15.8 Å². The van der Waals surface area contributed by atoms with Gasteiger partial charge < -0.3 is 16.2 Å². The number of ether oxygens (including phenoxy) is 1. The van der Waals surface area contributed by atoms with Crippen LogP contribution < -0.4 is 16.2 Å². The second kappa shape index (κ2) is 6.52. The third-order valence-electron chi connectivity index (χ3n) is 2.37. The normalized spacial score (nSPS) is 9.61. The van der Waals surface area contributed by atoms with Crippen molar-refractivity contribution in [1.82, 2.24) is 0 Å². The minimum absolute atomic E-state index is 0. The summed E-state index contributed by atoms with van der Waals surface area (Å²) in [6.07, 6.45) is 0. The van der Waals surface area contributed by atoms with Crippen molar-refractivity contribution >= 4 is 39.7 Å². The van der Waals surface area contributed by atoms with E-state index in [4.69, 9.17) is 16.2 Å². The summed E-state index contributed by atoms with van der Waals surface area (Å²) in [6.45, 7) is 0.503. The molecule has 0 aliphatic heterocycles. The number of nitrogen functional groups attached to an aromatic ring is 2. The smallest absolute Gasteiger partial charge is 0.136 e. The van der Waals surface area contributed by atoms with Gasteiger partial charge in [-0.05, 0) is 27.6 Å². The van der Waals surface area contributed by atoms with Crippen molar-refractivity contribution in [3.8, 4) is 5.75 Å². The van der Waals surface area contributed by atoms with Crippen LogP contribution in [0.2, 0.25) is 0 Å². The van der Waals surface area contributed by atoms with E-state index in [1.165, 1.54) is 0 Å². The Bertz CT molecular complexity index is 520. The van der Waals surface area contributed by atoms with Crippen LogP contribution in [0.25, 0.3) is 0 Å². The Morgan fingerprint density at radius 3 is 2.28 bits per heavy atom. The molecule has 0 aliphatic carbocycles. The highest BCUT2D eigenvalue weighted by atomic mass is 79.9. The lowest BCUT2D eigenvalue weighted by Crippen LogP contribution is -1.99. The first-order valence-electron chi connectivity index (χ1n) is 5.18. The van der Waals surface area contributed by atoms with Crippen LogP contribution in [0.15, 0.2) is 46.9 Å². The van der Waals surface area contributed by atoms with Gasteiger partial charge in [-0.1, -0.05) is 30.3 Å². The average Bonchev–Trinajstić information content (AvgIpc) is 2.33. The van der Waals surface area contributed by atoms with Crippen LogP contribution in [0.4, 0.5) is 11.4 Å². The summed E-state index contributed by atoms with van der Waals surface area (Å²) < 4.78 is 6.48. The first kappa shape index (κ1) is 14.7. The van der Waals surface area contributed by atoms with Crippen molar-refractivity contribution in [3.63, 3.8) is 0 Å². The Balaban J connectivity index is 0.00000162. The van der Waals surface area contributed by atoms with Gasteiger partial charge >= 0.3 is 0 Å². The Kier molecular flexibility index (Phi) is 5.31. The van der Waals surface area contributed by atoms with E-state index in [0.29, 0.717) is 23.7 Å². The Morgan fingerprint density at radius 1 is 1.00 bits per heavy atom. The number of benzene rings is 2. The zero-order valence-corrected chi connectivity index (χ0v) is 12.0. The van der Waals surface area contributed by atoms with E-state index in [0.717, 1.165) is 10.0 Å². The molecule has 4 N–H and O–H groups in total. The van der Waals surface area contributed by atoms with Crippen LogP contribution in [-0.2, 0) is 6.61 Å². The number of halogens is 2. The van der Waals surface area contributed by atoms with Gasteiger partial charge in [0.1, 0.15) is 12.4 Å². The highest BCUT2D eigenvalue weighted by Crippen LogP contribution is 2.32. The summed E-state index contributed by atoms with van der Waals surface area (Å²) in [5, 5.41) is 0. The molecule has 2 rings (SSSR count). The van der Waals surface area contributed by atoms with Crippen LogP contribution >= 0.6 is 28.3 Å². The summed E-state index contributed by atoms with van der Waals surface area (Å²) in [5.74, 6) is 0.695. The standard InChI is InChI=1S/C13H13BrN2O.ClH/c14-10-6-11(15)12(16)7-13(10)17-8-9-4-2-1-3-5-9;/h1-7H,8,15-16H2;1H. The van der Waals surface area contributed by atoms with E-state index >= 15 is 0 Å². The first-order valence-corrected chi connectivity index (χ1v) is 5.97. The fraction of sp³-hybridized carbons (Fsp3) is 0.0769. The van der Waals surface area contributed by atoms with Crippen molar-refractivity contribution in [2.24, 2.45) is 0 Å². The molecule has 5 heteroatoms. The van der Waals surface area contributed by atoms with Crippen molar-refractivity contribution in [2.75, 3.05) is 11.5 Å². The lowest BCUT2D eigenvalue weighted by molar-refractivity contribution is 0.304. The molecule has 0 bridgehead atoms. The van der Waals surface area contributed by atoms with E-state index in [-0.39, 0.29) is 12.4 Å². The number of anilines is 2. The molecule has 0 atom stereocenters. The molecule has 0 saturated heterocycles. The molecular formula is C13H14BrClN2O. The number of nitrogens with two attached hydrogens (primary N) is 2. The van der Waals surface area contributed by atoms with Gasteiger partial charge in [0.2, 0.25) is 0 Å². The Morgan fingerprint density at radius 2 is 1.61 bits per heavy atom. The summed E-state index contributed by atoms with van der Waals surface area (Å²) in [6, 6.07) is 13.4. The van der Waals surface area contributed by atoms with Crippen molar-refractivity contribution < 1.29 is 4.74 Å². The van der Waals surface area contributed by atoms with Gasteiger partial charge in [-0.15, -0.1) is 12.4 Å². The first-order chi connectivity index (χ1) is 8.16. The fourth-order valence-corrected chi connectivity index (χ4v) is 1.91. The highest BCUT2D eigenvalue weighted by Gasteiger charge is 2.05. The van der Waals surface area contributed by atoms with E-state index in [1.807, 2.05) is 30.3 Å². The van der Waals surface area contributed by atoms with E-state index in [1.54, 1.807) is 12.1 Å². The molecule has 18 heavy (non-hydrogen) atoms. The predicted octanol–water partition coefficient (Wildman–Crippen LogP) is 3.61. The Labute approximate surface area is 121 Å². The fourth-order valence-electron chi connectivity index (χ4n) is 1.43. The second-order valence-electron chi connectivity index (χ2n) is 3.69. The van der Waals surface area contributed by atoms with Crippen molar-refractivity contribution in [1.29, 1.82) is 0 Å². The van der Waals surface area contributed by atoms with Crippen LogP contribution in [0.3, 0.4) is 0 Å². The molecule has 0 aliphatic rings. The van der Waals surface area contributed by atoms with E-state index in [2.05, 4.69) is 15.9 Å². The minimum Gasteiger partial charge on any atom is -0.488 e. The SMILES string of the molecule is Cl.Nc1cc(Br)c(OCc2ccccc2)cc1N. The quantitative estimate of drug-likeness (QED) is 0.846. The lowest BCUT2D eigenvalue weighted by atomic mass is 10.2. The topological polar surface area (TPSA) is 61.3 Å². The van der Waals surface area contributed by atoms with Crippen LogP contribution in [0.5, 0.6) is 5.75 Å². The van der Waals surface area contributed by atoms with Crippen LogP contribution in [0.1, 0.15) is 5.56 Å². The zero-order chi connectivity index (χ0) is 12.3. The largest absolute Gasteiger partial charge is 0.488 e. The third-order valence-corrected chi connectivity index (χ3v) is 2.99. The van der Waals surface area contributed by atoms with Gasteiger partial charge in [-0.25, -0.2) is 0 Å². The number of hydrogen-bond acceptors (Lipinski definition) is 3. The minimum atomic E-state index is 0. The highest BCUT2D eigenvalue weighted by molar-refractivity contribution is 9.10. The van der Waals surface area contributed by atoms with Crippen molar-refractivity contribution in [3.05, 3.63) is 52.5 Å². The van der Waals surface area contributed by atoms with E-state index in [9.17, 15) is 0 Å². The van der Waals surface area contributed by atoms with Crippen LogP contribution in [-0.4, -0.2) is 0 Å². The summed E-state index contributed by atoms with van der Waals surface area (Å²) >= 11 is 3.39. The maximum absolute atomic E-state index is 5.73. The molecule has 0 radical (unpaired) electrons. The molecule has 96 valence electrons. The molecule has 0 saturated carbocycles. The molecule has 2 aromatic carbocycles. The molecule has 0 heterocycles. The molecule has 0 fully saturated rings. The number of rotatable bonds is 3. The van der Waals surface area contributed by atoms with Crippen LogP contribution in [0, 0.1) is 0 Å². The average molecular weight is 330 g/mol. The molecule has 0 unspecified atom stereocenters. The molecule has 0 amide bonds. The van der Waals surface area contributed by atoms with Gasteiger partial charge in [-0.2, -0.15) is 0 Å². The van der Waals surface area contributed by atoms with E-state index < -0.39 is 0 Å². The second-order valence-corrected chi connectivity index (χ2v) is 4.54. The maximum Gasteiger partial charge on any atom is 0.136 e. The molecule has 0 spiro atoms. The van der Waals surface area contributed by atoms with Gasteiger partial charge in [0.15, 0.2) is 0 Å². The number of hydrogen-bond donors (Lipinski definition) is 2. The summed E-state index contributed by atoms with van der Waals surface area (Å²) in [7, 11) is 0. The summed E-state index contributed by atoms with van der Waals surface area (Å²) in [4.78, 5) is 0. The molecule has 0 aromatic heterocycles. The molecule has 3 nitrogen and oxygen atoms in total. The summed E-state index contributed by atoms with van der Waals surface area (Å²) in [5.41, 5.74) is 13.6. The van der Waals surface area contributed by atoms with Crippen molar-refractivity contribution in [2.45, 2.75) is 6.61 Å². The lowest BCUT2D eigenvalue weighted by Gasteiger charge is -2.10. The van der Waals surface area contributed by atoms with Gasteiger partial charge in [0, 0.05) is 6.07 Å². The maximum atomic E-state index is 5.73.